The van der Waals surface area contributed by atoms with E-state index >= 15 is 0 Å². The van der Waals surface area contributed by atoms with E-state index in [9.17, 15) is 0 Å². The minimum Gasteiger partial charge on any atom is -0.354 e. The van der Waals surface area contributed by atoms with Crippen molar-refractivity contribution in [1.29, 1.82) is 0 Å². The van der Waals surface area contributed by atoms with E-state index < -0.39 is 0 Å². The molecule has 0 spiro atoms. The predicted molar refractivity (Wildman–Crippen MR) is 115 cm³/mol. The Morgan fingerprint density at radius 1 is 0.966 bits per heavy atom. The van der Waals surface area contributed by atoms with Crippen LogP contribution in [0.25, 0.3) is 5.78 Å². The van der Waals surface area contributed by atoms with Crippen LogP contribution in [0.5, 0.6) is 0 Å². The van der Waals surface area contributed by atoms with Crippen LogP contribution in [0.3, 0.4) is 0 Å². The van der Waals surface area contributed by atoms with E-state index in [1.807, 2.05) is 4.52 Å². The minimum absolute atomic E-state index is 0.210. The Kier molecular flexibility index (Phi) is 4.54. The standard InChI is InChI=1S/C23H30N6/c1-23(2,3)18-9-7-17(8-10-18)15-27-11-13-28(14-12-27)21-19-5-4-6-20(19)26-22-24-16-25-29(21)22/h7-10,16H,4-6,11-15H2,1-3H3. The second-order valence-corrected chi connectivity index (χ2v) is 9.40. The molecule has 2 aromatic heterocycles. The summed E-state index contributed by atoms with van der Waals surface area (Å²) in [4.78, 5) is 14.1. The average Bonchev–Trinajstić information content (AvgIpc) is 3.35. The molecule has 1 aliphatic heterocycles. The van der Waals surface area contributed by atoms with Crippen LogP contribution in [-0.2, 0) is 24.8 Å². The van der Waals surface area contributed by atoms with E-state index in [1.54, 1.807) is 6.33 Å². The number of benzene rings is 1. The summed E-state index contributed by atoms with van der Waals surface area (Å²) in [5.74, 6) is 1.97. The number of piperazine rings is 1. The smallest absolute Gasteiger partial charge is 0.254 e. The van der Waals surface area contributed by atoms with Gasteiger partial charge in [-0.05, 0) is 35.8 Å². The maximum absolute atomic E-state index is 4.72. The van der Waals surface area contributed by atoms with Gasteiger partial charge in [-0.1, -0.05) is 45.0 Å². The lowest BCUT2D eigenvalue weighted by Gasteiger charge is -2.36. The van der Waals surface area contributed by atoms with Gasteiger partial charge in [0.05, 0.1) is 5.69 Å². The third-order valence-electron chi connectivity index (χ3n) is 6.32. The predicted octanol–water partition coefficient (Wildman–Crippen LogP) is 3.23. The largest absolute Gasteiger partial charge is 0.354 e. The SMILES string of the molecule is CC(C)(C)c1ccc(CN2CCN(c3c4c(nc5ncnn35)CCC4)CC2)cc1. The highest BCUT2D eigenvalue weighted by Crippen LogP contribution is 2.31. The number of hydrogen-bond donors (Lipinski definition) is 0. The van der Waals surface area contributed by atoms with Crippen molar-refractivity contribution in [3.8, 4) is 0 Å². The third-order valence-corrected chi connectivity index (χ3v) is 6.32. The van der Waals surface area contributed by atoms with E-state index in [4.69, 9.17) is 4.98 Å². The molecule has 0 N–H and O–H groups in total. The molecule has 1 fully saturated rings. The molecule has 1 aliphatic carbocycles. The summed E-state index contributed by atoms with van der Waals surface area (Å²) in [5, 5.41) is 4.47. The molecule has 5 rings (SSSR count). The molecule has 3 aromatic rings. The van der Waals surface area contributed by atoms with Gasteiger partial charge in [-0.25, -0.2) is 4.98 Å². The fraction of sp³-hybridized carbons (Fsp3) is 0.522. The number of aromatic nitrogens is 4. The van der Waals surface area contributed by atoms with Crippen LogP contribution in [0.4, 0.5) is 5.82 Å². The van der Waals surface area contributed by atoms with Gasteiger partial charge in [-0.15, -0.1) is 0 Å². The zero-order chi connectivity index (χ0) is 20.0. The highest BCUT2D eigenvalue weighted by molar-refractivity contribution is 5.56. The first-order valence-corrected chi connectivity index (χ1v) is 10.8. The van der Waals surface area contributed by atoms with E-state index in [2.05, 4.69) is 64.9 Å². The number of rotatable bonds is 3. The first kappa shape index (κ1) is 18.6. The molecule has 0 bridgehead atoms. The minimum atomic E-state index is 0.210. The molecule has 1 aromatic carbocycles. The summed E-state index contributed by atoms with van der Waals surface area (Å²) in [6, 6.07) is 9.16. The molecule has 152 valence electrons. The Labute approximate surface area is 172 Å². The van der Waals surface area contributed by atoms with Gasteiger partial charge in [0.2, 0.25) is 0 Å². The van der Waals surface area contributed by atoms with Crippen LogP contribution in [0, 0.1) is 0 Å². The van der Waals surface area contributed by atoms with Gasteiger partial charge in [-0.3, -0.25) is 4.90 Å². The molecule has 0 atom stereocenters. The van der Waals surface area contributed by atoms with Crippen molar-refractivity contribution < 1.29 is 0 Å². The second-order valence-electron chi connectivity index (χ2n) is 9.40. The highest BCUT2D eigenvalue weighted by Gasteiger charge is 2.27. The normalized spacial score (nSPS) is 17.8. The van der Waals surface area contributed by atoms with Crippen LogP contribution < -0.4 is 4.90 Å². The summed E-state index contributed by atoms with van der Waals surface area (Å²) < 4.78 is 1.95. The molecule has 6 heteroatoms. The van der Waals surface area contributed by atoms with Crippen molar-refractivity contribution in [3.63, 3.8) is 0 Å². The molecule has 0 amide bonds. The second kappa shape index (κ2) is 7.10. The van der Waals surface area contributed by atoms with Gasteiger partial charge in [0.1, 0.15) is 12.1 Å². The maximum atomic E-state index is 4.72. The Bertz CT molecular complexity index is 1010. The number of hydrogen-bond acceptors (Lipinski definition) is 5. The molecular formula is C23H30N6. The van der Waals surface area contributed by atoms with Crippen molar-refractivity contribution in [2.24, 2.45) is 0 Å². The van der Waals surface area contributed by atoms with Crippen molar-refractivity contribution in [2.45, 2.75) is 52.0 Å². The van der Waals surface area contributed by atoms with Gasteiger partial charge < -0.3 is 4.90 Å². The zero-order valence-electron chi connectivity index (χ0n) is 17.7. The van der Waals surface area contributed by atoms with Crippen LogP contribution in [0.2, 0.25) is 0 Å². The molecule has 1 saturated heterocycles. The lowest BCUT2D eigenvalue weighted by Crippen LogP contribution is -2.47. The third kappa shape index (κ3) is 3.50. The molecule has 6 nitrogen and oxygen atoms in total. The first-order chi connectivity index (χ1) is 14.0. The summed E-state index contributed by atoms with van der Waals surface area (Å²) in [6.45, 7) is 12.0. The summed E-state index contributed by atoms with van der Waals surface area (Å²) in [5.41, 5.74) is 5.61. The monoisotopic (exact) mass is 390 g/mol. The maximum Gasteiger partial charge on any atom is 0.254 e. The average molecular weight is 391 g/mol. The number of anilines is 1. The molecule has 0 saturated carbocycles. The molecule has 0 radical (unpaired) electrons. The van der Waals surface area contributed by atoms with Crippen molar-refractivity contribution >= 4 is 11.6 Å². The fourth-order valence-corrected chi connectivity index (χ4v) is 4.61. The highest BCUT2D eigenvalue weighted by atomic mass is 15.4. The van der Waals surface area contributed by atoms with Gasteiger partial charge in [0, 0.05) is 38.3 Å². The van der Waals surface area contributed by atoms with E-state index in [0.29, 0.717) is 0 Å². The van der Waals surface area contributed by atoms with Crippen LogP contribution >= 0.6 is 0 Å². The Balaban J connectivity index is 1.29. The van der Waals surface area contributed by atoms with E-state index in [-0.39, 0.29) is 5.41 Å². The van der Waals surface area contributed by atoms with Gasteiger partial charge in [0.25, 0.3) is 5.78 Å². The molecule has 29 heavy (non-hydrogen) atoms. The van der Waals surface area contributed by atoms with Crippen molar-refractivity contribution in [2.75, 3.05) is 31.1 Å². The van der Waals surface area contributed by atoms with E-state index in [1.165, 1.54) is 34.6 Å². The Morgan fingerprint density at radius 2 is 1.72 bits per heavy atom. The summed E-state index contributed by atoms with van der Waals surface area (Å²) in [7, 11) is 0. The molecule has 3 heterocycles. The fourth-order valence-electron chi connectivity index (χ4n) is 4.61. The Hall–Kier alpha value is -2.47. The molecular weight excluding hydrogens is 360 g/mol. The van der Waals surface area contributed by atoms with Crippen LogP contribution in [-0.4, -0.2) is 50.7 Å². The Morgan fingerprint density at radius 3 is 2.45 bits per heavy atom. The van der Waals surface area contributed by atoms with E-state index in [0.717, 1.165) is 51.3 Å². The lowest BCUT2D eigenvalue weighted by molar-refractivity contribution is 0.249. The number of fused-ring (bicyclic) bond motifs is 2. The lowest BCUT2D eigenvalue weighted by atomic mass is 9.87. The van der Waals surface area contributed by atoms with Gasteiger partial charge >= 0.3 is 0 Å². The molecule has 2 aliphatic rings. The zero-order valence-corrected chi connectivity index (χ0v) is 17.7. The summed E-state index contributed by atoms with van der Waals surface area (Å²) in [6.07, 6.45) is 4.98. The summed E-state index contributed by atoms with van der Waals surface area (Å²) >= 11 is 0. The first-order valence-electron chi connectivity index (χ1n) is 10.8. The molecule has 0 unspecified atom stereocenters. The number of aryl methyl sites for hydroxylation is 1. The van der Waals surface area contributed by atoms with Crippen LogP contribution in [0.15, 0.2) is 30.6 Å². The van der Waals surface area contributed by atoms with Crippen molar-refractivity contribution in [3.05, 3.63) is 53.0 Å². The van der Waals surface area contributed by atoms with Gasteiger partial charge in [-0.2, -0.15) is 14.6 Å². The number of nitrogens with zero attached hydrogens (tertiary/aromatic N) is 6. The van der Waals surface area contributed by atoms with Gasteiger partial charge in [0.15, 0.2) is 0 Å². The quantitative estimate of drug-likeness (QED) is 0.687. The van der Waals surface area contributed by atoms with Crippen LogP contribution in [0.1, 0.15) is 49.6 Å². The topological polar surface area (TPSA) is 49.6 Å². The van der Waals surface area contributed by atoms with Crippen molar-refractivity contribution in [1.82, 2.24) is 24.5 Å².